The molecule has 0 amide bonds. The summed E-state index contributed by atoms with van der Waals surface area (Å²) in [5.41, 5.74) is 0. The Hall–Kier alpha value is -0.610. The van der Waals surface area contributed by atoms with Crippen molar-refractivity contribution in [2.24, 2.45) is 5.92 Å². The lowest BCUT2D eigenvalue weighted by molar-refractivity contribution is -0.139. The summed E-state index contributed by atoms with van der Waals surface area (Å²) in [6.45, 7) is 0.374. The minimum atomic E-state index is -0.926. The fourth-order valence-corrected chi connectivity index (χ4v) is 1.26. The molecule has 0 aromatic heterocycles. The maximum atomic E-state index is 10.5. The number of aliphatic carboxylic acids is 1. The third-order valence-corrected chi connectivity index (χ3v) is 2.06. The normalized spacial score (nSPS) is 30.3. The second kappa shape index (κ2) is 3.19. The minimum Gasteiger partial charge on any atom is -0.480 e. The average molecular weight is 178 g/mol. The molecule has 0 saturated carbocycles. The van der Waals surface area contributed by atoms with Crippen LogP contribution in [0.4, 0.5) is 0 Å². The molecule has 1 heterocycles. The Labute approximate surface area is 68.5 Å². The average Bonchev–Trinajstić information content (AvgIpc) is 2.33. The highest BCUT2D eigenvalue weighted by atomic mass is 35.5. The second-order valence-electron chi connectivity index (χ2n) is 2.54. The van der Waals surface area contributed by atoms with Gasteiger partial charge in [-0.05, 0) is 18.0 Å². The van der Waals surface area contributed by atoms with E-state index in [2.05, 4.69) is 5.32 Å². The summed E-state index contributed by atoms with van der Waals surface area (Å²) >= 11 is 5.18. The standard InChI is InChI=1S/C6H8ClNO3/c7-5(9)3-1-4(6(10)11)8-2-3/h3-4,8H,1-2H2,(H,10,11)/t3?,4-/m0/s1. The van der Waals surface area contributed by atoms with Crippen LogP contribution in [0.5, 0.6) is 0 Å². The van der Waals surface area contributed by atoms with Gasteiger partial charge in [0.05, 0.1) is 0 Å². The molecule has 2 N–H and O–H groups in total. The van der Waals surface area contributed by atoms with Gasteiger partial charge >= 0.3 is 5.97 Å². The molecule has 0 aromatic carbocycles. The number of hydrogen-bond donors (Lipinski definition) is 2. The number of carboxylic acids is 1. The van der Waals surface area contributed by atoms with Crippen molar-refractivity contribution in [3.63, 3.8) is 0 Å². The van der Waals surface area contributed by atoms with Gasteiger partial charge in [0.15, 0.2) is 0 Å². The molecular weight excluding hydrogens is 170 g/mol. The number of rotatable bonds is 2. The molecule has 0 radical (unpaired) electrons. The smallest absolute Gasteiger partial charge is 0.320 e. The third-order valence-electron chi connectivity index (χ3n) is 1.75. The van der Waals surface area contributed by atoms with E-state index in [-0.39, 0.29) is 5.92 Å². The van der Waals surface area contributed by atoms with Gasteiger partial charge in [-0.25, -0.2) is 0 Å². The summed E-state index contributed by atoms with van der Waals surface area (Å²) in [5.74, 6) is -1.26. The zero-order chi connectivity index (χ0) is 8.43. The van der Waals surface area contributed by atoms with Crippen LogP contribution in [-0.2, 0) is 9.59 Å². The molecule has 5 heteroatoms. The molecule has 1 saturated heterocycles. The first-order valence-electron chi connectivity index (χ1n) is 3.27. The molecule has 0 aliphatic carbocycles. The molecular formula is C6H8ClNO3. The van der Waals surface area contributed by atoms with Gasteiger partial charge in [0.1, 0.15) is 6.04 Å². The van der Waals surface area contributed by atoms with E-state index in [1.807, 2.05) is 0 Å². The van der Waals surface area contributed by atoms with Crippen LogP contribution in [0.15, 0.2) is 0 Å². The lowest BCUT2D eigenvalue weighted by Crippen LogP contribution is -2.29. The first-order chi connectivity index (χ1) is 5.11. The third kappa shape index (κ3) is 1.91. The summed E-state index contributed by atoms with van der Waals surface area (Å²) < 4.78 is 0. The molecule has 0 aromatic rings. The van der Waals surface area contributed by atoms with E-state index in [1.165, 1.54) is 0 Å². The number of carbonyl (C=O) groups excluding carboxylic acids is 1. The van der Waals surface area contributed by atoms with E-state index in [4.69, 9.17) is 16.7 Å². The van der Waals surface area contributed by atoms with Crippen molar-refractivity contribution >= 4 is 22.8 Å². The van der Waals surface area contributed by atoms with Crippen LogP contribution in [0.1, 0.15) is 6.42 Å². The van der Waals surface area contributed by atoms with Crippen molar-refractivity contribution < 1.29 is 14.7 Å². The predicted molar refractivity (Wildman–Crippen MR) is 38.4 cm³/mol. The van der Waals surface area contributed by atoms with Crippen LogP contribution in [-0.4, -0.2) is 28.9 Å². The van der Waals surface area contributed by atoms with Crippen molar-refractivity contribution in [3.8, 4) is 0 Å². The van der Waals surface area contributed by atoms with Crippen molar-refractivity contribution in [1.82, 2.24) is 5.32 Å². The largest absolute Gasteiger partial charge is 0.480 e. The second-order valence-corrected chi connectivity index (χ2v) is 2.91. The molecule has 1 aliphatic rings. The summed E-state index contributed by atoms with van der Waals surface area (Å²) in [5, 5.41) is 10.7. The molecule has 2 atom stereocenters. The lowest BCUT2D eigenvalue weighted by Gasteiger charge is -2.00. The number of carbonyl (C=O) groups is 2. The van der Waals surface area contributed by atoms with Crippen molar-refractivity contribution in [3.05, 3.63) is 0 Å². The van der Waals surface area contributed by atoms with Crippen LogP contribution >= 0.6 is 11.6 Å². The van der Waals surface area contributed by atoms with Gasteiger partial charge in [-0.1, -0.05) is 0 Å². The highest BCUT2D eigenvalue weighted by Gasteiger charge is 2.32. The van der Waals surface area contributed by atoms with Crippen LogP contribution in [0.2, 0.25) is 0 Å². The van der Waals surface area contributed by atoms with E-state index >= 15 is 0 Å². The fraction of sp³-hybridized carbons (Fsp3) is 0.667. The minimum absolute atomic E-state index is 0.303. The van der Waals surface area contributed by atoms with Crippen LogP contribution in [0.25, 0.3) is 0 Å². The van der Waals surface area contributed by atoms with Crippen molar-refractivity contribution in [2.75, 3.05) is 6.54 Å². The maximum absolute atomic E-state index is 10.5. The number of nitrogens with one attached hydrogen (secondary N) is 1. The Kier molecular flexibility index (Phi) is 2.46. The topological polar surface area (TPSA) is 66.4 Å². The molecule has 62 valence electrons. The molecule has 1 rings (SSSR count). The Balaban J connectivity index is 2.47. The Morgan fingerprint density at radius 1 is 1.55 bits per heavy atom. The zero-order valence-electron chi connectivity index (χ0n) is 5.71. The Morgan fingerprint density at radius 2 is 2.18 bits per heavy atom. The summed E-state index contributed by atoms with van der Waals surface area (Å²) in [7, 11) is 0. The first kappa shape index (κ1) is 8.49. The molecule has 11 heavy (non-hydrogen) atoms. The number of hydrogen-bond acceptors (Lipinski definition) is 3. The maximum Gasteiger partial charge on any atom is 0.320 e. The van der Waals surface area contributed by atoms with Gasteiger partial charge in [0.2, 0.25) is 5.24 Å². The van der Waals surface area contributed by atoms with Crippen molar-refractivity contribution in [1.29, 1.82) is 0 Å². The molecule has 0 bridgehead atoms. The number of carboxylic acid groups (broad SMARTS) is 1. The van der Waals surface area contributed by atoms with Gasteiger partial charge in [-0.2, -0.15) is 0 Å². The van der Waals surface area contributed by atoms with E-state index in [1.54, 1.807) is 0 Å². The summed E-state index contributed by atoms with van der Waals surface area (Å²) in [6.07, 6.45) is 0.303. The van der Waals surface area contributed by atoms with E-state index in [0.29, 0.717) is 13.0 Å². The van der Waals surface area contributed by atoms with E-state index < -0.39 is 17.3 Å². The highest BCUT2D eigenvalue weighted by Crippen LogP contribution is 2.16. The Morgan fingerprint density at radius 3 is 2.45 bits per heavy atom. The zero-order valence-corrected chi connectivity index (χ0v) is 6.47. The summed E-state index contributed by atoms with van der Waals surface area (Å²) in [4.78, 5) is 20.9. The van der Waals surface area contributed by atoms with E-state index in [0.717, 1.165) is 0 Å². The van der Waals surface area contributed by atoms with Crippen molar-refractivity contribution in [2.45, 2.75) is 12.5 Å². The first-order valence-corrected chi connectivity index (χ1v) is 3.64. The predicted octanol–water partition coefficient (Wildman–Crippen LogP) is -0.186. The van der Waals surface area contributed by atoms with Crippen LogP contribution in [0, 0.1) is 5.92 Å². The molecule has 0 spiro atoms. The van der Waals surface area contributed by atoms with Gasteiger partial charge in [0.25, 0.3) is 0 Å². The number of halogens is 1. The van der Waals surface area contributed by atoms with Gasteiger partial charge < -0.3 is 10.4 Å². The SMILES string of the molecule is O=C(Cl)C1CN[C@H](C(=O)O)C1. The van der Waals surface area contributed by atoms with Gasteiger partial charge in [-0.3, -0.25) is 9.59 Å². The quantitative estimate of drug-likeness (QED) is 0.574. The molecule has 1 fully saturated rings. The highest BCUT2D eigenvalue weighted by molar-refractivity contribution is 6.64. The molecule has 1 aliphatic heterocycles. The Bertz CT molecular complexity index is 174. The van der Waals surface area contributed by atoms with Crippen LogP contribution in [0.3, 0.4) is 0 Å². The molecule has 4 nitrogen and oxygen atoms in total. The summed E-state index contributed by atoms with van der Waals surface area (Å²) in [6, 6.07) is -0.609. The van der Waals surface area contributed by atoms with E-state index in [9.17, 15) is 9.59 Å². The van der Waals surface area contributed by atoms with Gasteiger partial charge in [0, 0.05) is 12.5 Å². The van der Waals surface area contributed by atoms with Gasteiger partial charge in [-0.15, -0.1) is 0 Å². The monoisotopic (exact) mass is 177 g/mol. The lowest BCUT2D eigenvalue weighted by atomic mass is 10.1. The molecule has 1 unspecified atom stereocenters. The van der Waals surface area contributed by atoms with Crippen LogP contribution < -0.4 is 5.32 Å². The fourth-order valence-electron chi connectivity index (χ4n) is 1.10.